The Kier molecular flexibility index (Phi) is 5.01. The fourth-order valence-corrected chi connectivity index (χ4v) is 4.92. The number of carbonyl (C=O) groups is 1. The van der Waals surface area contributed by atoms with Gasteiger partial charge >= 0.3 is 0 Å². The minimum Gasteiger partial charge on any atom is -0.376 e. The Labute approximate surface area is 155 Å². The molecule has 0 radical (unpaired) electrons. The van der Waals surface area contributed by atoms with Gasteiger partial charge in [0.25, 0.3) is 5.91 Å². The van der Waals surface area contributed by atoms with Gasteiger partial charge in [-0.05, 0) is 50.0 Å². The lowest BCUT2D eigenvalue weighted by Gasteiger charge is -2.38. The first-order valence-corrected chi connectivity index (χ1v) is 10.0. The molecule has 3 aliphatic rings. The van der Waals surface area contributed by atoms with Crippen molar-refractivity contribution in [3.05, 3.63) is 12.2 Å². The van der Waals surface area contributed by atoms with Gasteiger partial charge in [0.2, 0.25) is 5.82 Å². The van der Waals surface area contributed by atoms with Gasteiger partial charge in [0.1, 0.15) is 6.33 Å². The summed E-state index contributed by atoms with van der Waals surface area (Å²) in [5.41, 5.74) is 0.267. The third-order valence-corrected chi connectivity index (χ3v) is 6.50. The van der Waals surface area contributed by atoms with E-state index in [9.17, 15) is 4.79 Å². The minimum absolute atomic E-state index is 0.00220. The summed E-state index contributed by atoms with van der Waals surface area (Å²) in [6.45, 7) is 8.31. The van der Waals surface area contributed by atoms with E-state index in [2.05, 4.69) is 21.9 Å². The zero-order chi connectivity index (χ0) is 18.1. The van der Waals surface area contributed by atoms with Crippen molar-refractivity contribution >= 4 is 5.91 Å². The molecule has 3 aliphatic heterocycles. The smallest absolute Gasteiger partial charge is 0.291 e. The largest absolute Gasteiger partial charge is 0.376 e. The molecule has 0 aromatic carbocycles. The second-order valence-electron chi connectivity index (χ2n) is 8.64. The van der Waals surface area contributed by atoms with E-state index >= 15 is 0 Å². The molecule has 0 aliphatic carbocycles. The van der Waals surface area contributed by atoms with Crippen molar-refractivity contribution in [2.75, 3.05) is 39.3 Å². The molecule has 7 heteroatoms. The Balaban J connectivity index is 1.29. The molecule has 0 N–H and O–H groups in total. The first-order chi connectivity index (χ1) is 12.5. The lowest BCUT2D eigenvalue weighted by molar-refractivity contribution is 0.0396. The monoisotopic (exact) mass is 361 g/mol. The van der Waals surface area contributed by atoms with E-state index in [1.165, 1.54) is 32.3 Å². The van der Waals surface area contributed by atoms with Gasteiger partial charge in [0.05, 0.1) is 12.7 Å². The summed E-state index contributed by atoms with van der Waals surface area (Å²) in [5.74, 6) is 1.24. The van der Waals surface area contributed by atoms with Gasteiger partial charge in [-0.15, -0.1) is 0 Å². The number of hydrogen-bond donors (Lipinski definition) is 0. The maximum Gasteiger partial charge on any atom is 0.291 e. The molecule has 1 amide bonds. The number of carbonyl (C=O) groups excluding carboxylic acids is 1. The average molecular weight is 361 g/mol. The second-order valence-corrected chi connectivity index (χ2v) is 8.64. The van der Waals surface area contributed by atoms with Crippen molar-refractivity contribution in [3.8, 4) is 0 Å². The number of nitrogens with zero attached hydrogens (tertiary/aromatic N) is 5. The van der Waals surface area contributed by atoms with Gasteiger partial charge in [0, 0.05) is 33.2 Å². The maximum atomic E-state index is 12.6. The van der Waals surface area contributed by atoms with Crippen LogP contribution in [-0.4, -0.2) is 75.9 Å². The summed E-state index contributed by atoms with van der Waals surface area (Å²) in [5, 5.41) is 4.01. The summed E-state index contributed by atoms with van der Waals surface area (Å²) in [6, 6.07) is 0. The van der Waals surface area contributed by atoms with Crippen LogP contribution >= 0.6 is 0 Å². The van der Waals surface area contributed by atoms with Gasteiger partial charge in [-0.2, -0.15) is 5.10 Å². The molecular weight excluding hydrogens is 330 g/mol. The van der Waals surface area contributed by atoms with Gasteiger partial charge in [0.15, 0.2) is 0 Å². The zero-order valence-corrected chi connectivity index (χ0v) is 16.1. The summed E-state index contributed by atoms with van der Waals surface area (Å²) in [7, 11) is 1.77. The van der Waals surface area contributed by atoms with Crippen molar-refractivity contribution in [1.29, 1.82) is 0 Å². The van der Waals surface area contributed by atoms with E-state index in [4.69, 9.17) is 4.74 Å². The van der Waals surface area contributed by atoms with Crippen molar-refractivity contribution in [3.63, 3.8) is 0 Å². The molecule has 26 heavy (non-hydrogen) atoms. The van der Waals surface area contributed by atoms with E-state index < -0.39 is 0 Å². The number of likely N-dealkylation sites (tertiary alicyclic amines) is 2. The molecule has 3 fully saturated rings. The molecule has 2 atom stereocenters. The third kappa shape index (κ3) is 3.64. The SMILES string of the molecule is CC1CCCN(CC2CC3(CCN(C(=O)c4ncnn4C)CC3)CO2)C1. The van der Waals surface area contributed by atoms with Crippen molar-refractivity contribution in [2.45, 2.75) is 45.1 Å². The van der Waals surface area contributed by atoms with Crippen LogP contribution in [-0.2, 0) is 11.8 Å². The quantitative estimate of drug-likeness (QED) is 0.817. The lowest BCUT2D eigenvalue weighted by Crippen LogP contribution is -2.44. The van der Waals surface area contributed by atoms with Crippen LogP contribution in [0.4, 0.5) is 0 Å². The molecule has 2 unspecified atom stereocenters. The Bertz CT molecular complexity index is 638. The van der Waals surface area contributed by atoms with Crippen LogP contribution in [0.2, 0.25) is 0 Å². The van der Waals surface area contributed by atoms with Crippen LogP contribution < -0.4 is 0 Å². The molecule has 7 nitrogen and oxygen atoms in total. The van der Waals surface area contributed by atoms with Crippen LogP contribution in [0.1, 0.15) is 49.6 Å². The molecule has 4 heterocycles. The van der Waals surface area contributed by atoms with E-state index in [0.29, 0.717) is 11.9 Å². The lowest BCUT2D eigenvalue weighted by atomic mass is 9.76. The molecule has 1 spiro atoms. The number of aromatic nitrogens is 3. The predicted octanol–water partition coefficient (Wildman–Crippen LogP) is 1.56. The normalized spacial score (nSPS) is 29.4. The van der Waals surface area contributed by atoms with Crippen LogP contribution in [0.3, 0.4) is 0 Å². The van der Waals surface area contributed by atoms with E-state index in [1.54, 1.807) is 11.7 Å². The predicted molar refractivity (Wildman–Crippen MR) is 97.8 cm³/mol. The van der Waals surface area contributed by atoms with Crippen LogP contribution in [0.5, 0.6) is 0 Å². The molecule has 3 saturated heterocycles. The topological polar surface area (TPSA) is 63.5 Å². The number of piperidine rings is 2. The first-order valence-electron chi connectivity index (χ1n) is 10.0. The van der Waals surface area contributed by atoms with Gasteiger partial charge in [-0.1, -0.05) is 6.92 Å². The highest BCUT2D eigenvalue weighted by molar-refractivity contribution is 5.90. The van der Waals surface area contributed by atoms with E-state index in [-0.39, 0.29) is 11.3 Å². The molecule has 4 rings (SSSR count). The Hall–Kier alpha value is -1.47. The average Bonchev–Trinajstić information content (AvgIpc) is 3.22. The number of aryl methyl sites for hydroxylation is 1. The molecular formula is C19H31N5O2. The molecule has 0 bridgehead atoms. The Morgan fingerprint density at radius 2 is 2.15 bits per heavy atom. The molecule has 1 aromatic rings. The number of ether oxygens (including phenoxy) is 1. The van der Waals surface area contributed by atoms with Crippen LogP contribution in [0, 0.1) is 11.3 Å². The molecule has 1 aromatic heterocycles. The summed E-state index contributed by atoms with van der Waals surface area (Å²) >= 11 is 0. The van der Waals surface area contributed by atoms with Crippen molar-refractivity contribution in [1.82, 2.24) is 24.6 Å². The van der Waals surface area contributed by atoms with E-state index in [1.807, 2.05) is 4.90 Å². The van der Waals surface area contributed by atoms with E-state index in [0.717, 1.165) is 51.4 Å². The molecule has 0 saturated carbocycles. The zero-order valence-electron chi connectivity index (χ0n) is 16.1. The summed E-state index contributed by atoms with van der Waals surface area (Å²) in [4.78, 5) is 21.2. The standard InChI is InChI=1S/C19H31N5O2/c1-15-4-3-7-23(11-15)12-16-10-19(13-26-16)5-8-24(9-6-19)18(25)17-20-14-21-22(17)2/h14-16H,3-13H2,1-2H3. The van der Waals surface area contributed by atoms with Crippen molar-refractivity contribution < 1.29 is 9.53 Å². The Morgan fingerprint density at radius 3 is 2.85 bits per heavy atom. The van der Waals surface area contributed by atoms with Gasteiger partial charge in [-0.25, -0.2) is 9.67 Å². The fourth-order valence-electron chi connectivity index (χ4n) is 4.92. The summed E-state index contributed by atoms with van der Waals surface area (Å²) in [6.07, 6.45) is 7.69. The highest BCUT2D eigenvalue weighted by Crippen LogP contribution is 2.42. The third-order valence-electron chi connectivity index (χ3n) is 6.50. The maximum absolute atomic E-state index is 12.6. The van der Waals surface area contributed by atoms with Crippen LogP contribution in [0.25, 0.3) is 0 Å². The second kappa shape index (κ2) is 7.27. The minimum atomic E-state index is -0.00220. The highest BCUT2D eigenvalue weighted by atomic mass is 16.5. The number of rotatable bonds is 3. The highest BCUT2D eigenvalue weighted by Gasteiger charge is 2.43. The molecule has 144 valence electrons. The first kappa shape index (κ1) is 17.9. The van der Waals surface area contributed by atoms with Crippen molar-refractivity contribution in [2.24, 2.45) is 18.4 Å². The van der Waals surface area contributed by atoms with Crippen LogP contribution in [0.15, 0.2) is 6.33 Å². The fraction of sp³-hybridized carbons (Fsp3) is 0.842. The van der Waals surface area contributed by atoms with Gasteiger partial charge in [-0.3, -0.25) is 4.79 Å². The summed E-state index contributed by atoms with van der Waals surface area (Å²) < 4.78 is 7.76. The number of hydrogen-bond acceptors (Lipinski definition) is 5. The Morgan fingerprint density at radius 1 is 1.35 bits per heavy atom. The number of amides is 1. The van der Waals surface area contributed by atoms with Gasteiger partial charge < -0.3 is 14.5 Å².